The van der Waals surface area contributed by atoms with Crippen LogP contribution in [0.15, 0.2) is 54.6 Å². The monoisotopic (exact) mass is 437 g/mol. The van der Waals surface area contributed by atoms with Gasteiger partial charge in [-0.05, 0) is 36.2 Å². The van der Waals surface area contributed by atoms with Crippen LogP contribution in [-0.4, -0.2) is 14.2 Å². The number of fused-ring (bicyclic) bond motifs is 3. The van der Waals surface area contributed by atoms with Crippen molar-refractivity contribution in [2.45, 2.75) is 31.8 Å². The average molecular weight is 438 g/mol. The number of hydrogen-bond donors (Lipinski definition) is 1. The van der Waals surface area contributed by atoms with E-state index >= 15 is 0 Å². The van der Waals surface area contributed by atoms with Gasteiger partial charge >= 0.3 is 0 Å². The fraction of sp³-hybridized carbons (Fsp3) is 0.280. The normalized spacial score (nSPS) is 21.2. The van der Waals surface area contributed by atoms with Crippen molar-refractivity contribution >= 4 is 17.3 Å². The zero-order valence-corrected chi connectivity index (χ0v) is 18.5. The lowest BCUT2D eigenvalue weighted by Crippen LogP contribution is -2.40. The largest absolute Gasteiger partial charge is 0.497 e. The summed E-state index contributed by atoms with van der Waals surface area (Å²) in [6, 6.07) is 17.9. The van der Waals surface area contributed by atoms with Gasteiger partial charge < -0.3 is 24.3 Å². The first-order valence-corrected chi connectivity index (χ1v) is 10.6. The Balaban J connectivity index is 1.57. The highest BCUT2D eigenvalue weighted by Crippen LogP contribution is 2.51. The van der Waals surface area contributed by atoms with E-state index in [1.807, 2.05) is 36.4 Å². The Morgan fingerprint density at radius 2 is 1.77 bits per heavy atom. The van der Waals surface area contributed by atoms with E-state index in [2.05, 4.69) is 30.4 Å². The first kappa shape index (κ1) is 20.0. The van der Waals surface area contributed by atoms with Gasteiger partial charge in [0.25, 0.3) is 0 Å². The Morgan fingerprint density at radius 1 is 1.00 bits per heavy atom. The van der Waals surface area contributed by atoms with E-state index in [0.29, 0.717) is 18.1 Å². The van der Waals surface area contributed by atoms with Crippen LogP contribution in [-0.2, 0) is 17.1 Å². The predicted molar refractivity (Wildman–Crippen MR) is 120 cm³/mol. The summed E-state index contributed by atoms with van der Waals surface area (Å²) in [6.07, 6.45) is 0.608. The highest BCUT2D eigenvalue weighted by atomic mass is 35.5. The van der Waals surface area contributed by atoms with Crippen molar-refractivity contribution < 1.29 is 18.9 Å². The van der Waals surface area contributed by atoms with E-state index in [1.165, 1.54) is 0 Å². The lowest BCUT2D eigenvalue weighted by molar-refractivity contribution is -0.196. The molecule has 160 valence electrons. The van der Waals surface area contributed by atoms with E-state index in [4.69, 9.17) is 30.5 Å². The van der Waals surface area contributed by atoms with Gasteiger partial charge in [0.15, 0.2) is 0 Å². The van der Waals surface area contributed by atoms with Crippen molar-refractivity contribution in [3.8, 4) is 17.2 Å². The lowest BCUT2D eigenvalue weighted by Gasteiger charge is -2.40. The number of anilines is 1. The quantitative estimate of drug-likeness (QED) is 0.543. The highest BCUT2D eigenvalue weighted by molar-refractivity contribution is 6.30. The molecule has 0 unspecified atom stereocenters. The molecule has 5 rings (SSSR count). The maximum Gasteiger partial charge on any atom is 0.240 e. The summed E-state index contributed by atoms with van der Waals surface area (Å²) in [4.78, 5) is 0. The third kappa shape index (κ3) is 3.58. The standard InChI is InChI=1S/C25H24ClNO4/c1-15-4-6-21-23(27-18-10-19(28-2)12-20(11-18)29-3)13-25(31-24(21)8-15)22-7-5-17(26)9-16(22)14-30-25/h4-12,23,27H,13-14H2,1-3H3/t23-,25+/m1/s1. The van der Waals surface area contributed by atoms with Crippen LogP contribution in [0, 0.1) is 6.92 Å². The Hall–Kier alpha value is -2.89. The molecule has 1 spiro atoms. The van der Waals surface area contributed by atoms with Crippen LogP contribution in [0.4, 0.5) is 5.69 Å². The van der Waals surface area contributed by atoms with Crippen molar-refractivity contribution in [2.24, 2.45) is 0 Å². The minimum atomic E-state index is -0.860. The SMILES string of the molecule is COc1cc(N[C@@H]2C[C@]3(OCc4cc(Cl)ccc43)Oc3cc(C)ccc32)cc(OC)c1. The van der Waals surface area contributed by atoms with Crippen molar-refractivity contribution in [3.05, 3.63) is 81.9 Å². The Morgan fingerprint density at radius 3 is 2.52 bits per heavy atom. The van der Waals surface area contributed by atoms with Gasteiger partial charge in [0.2, 0.25) is 5.79 Å². The van der Waals surface area contributed by atoms with E-state index in [-0.39, 0.29) is 6.04 Å². The third-order valence-electron chi connectivity index (χ3n) is 5.92. The van der Waals surface area contributed by atoms with Gasteiger partial charge in [0.1, 0.15) is 17.2 Å². The van der Waals surface area contributed by atoms with Gasteiger partial charge in [0.05, 0.1) is 26.9 Å². The number of hydrogen-bond acceptors (Lipinski definition) is 5. The van der Waals surface area contributed by atoms with E-state index < -0.39 is 5.79 Å². The van der Waals surface area contributed by atoms with Gasteiger partial charge in [-0.25, -0.2) is 0 Å². The smallest absolute Gasteiger partial charge is 0.240 e. The second-order valence-corrected chi connectivity index (χ2v) is 8.43. The molecule has 0 fully saturated rings. The summed E-state index contributed by atoms with van der Waals surface area (Å²) >= 11 is 6.21. The minimum absolute atomic E-state index is 0.0391. The van der Waals surface area contributed by atoms with Gasteiger partial charge in [-0.1, -0.05) is 29.8 Å². The molecular weight excluding hydrogens is 414 g/mol. The molecule has 0 saturated carbocycles. The van der Waals surface area contributed by atoms with Crippen molar-refractivity contribution in [3.63, 3.8) is 0 Å². The van der Waals surface area contributed by atoms with Crippen LogP contribution in [0.3, 0.4) is 0 Å². The molecule has 31 heavy (non-hydrogen) atoms. The summed E-state index contributed by atoms with van der Waals surface area (Å²) in [5, 5.41) is 4.35. The number of methoxy groups -OCH3 is 2. The molecule has 3 aromatic rings. The van der Waals surface area contributed by atoms with E-state index in [0.717, 1.165) is 45.2 Å². The minimum Gasteiger partial charge on any atom is -0.497 e. The topological polar surface area (TPSA) is 49.0 Å². The second-order valence-electron chi connectivity index (χ2n) is 7.99. The maximum absolute atomic E-state index is 6.53. The van der Waals surface area contributed by atoms with Crippen molar-refractivity contribution in [1.82, 2.24) is 0 Å². The molecule has 0 aromatic heterocycles. The molecule has 0 aliphatic carbocycles. The van der Waals surface area contributed by atoms with Gasteiger partial charge in [-0.15, -0.1) is 0 Å². The molecule has 3 aromatic carbocycles. The summed E-state index contributed by atoms with van der Waals surface area (Å²) in [7, 11) is 3.29. The lowest BCUT2D eigenvalue weighted by atomic mass is 9.89. The highest BCUT2D eigenvalue weighted by Gasteiger charge is 2.48. The number of ether oxygens (including phenoxy) is 4. The molecular formula is C25H24ClNO4. The van der Waals surface area contributed by atoms with Crippen molar-refractivity contribution in [2.75, 3.05) is 19.5 Å². The number of nitrogens with one attached hydrogen (secondary N) is 1. The zero-order chi connectivity index (χ0) is 21.6. The third-order valence-corrected chi connectivity index (χ3v) is 6.16. The summed E-state index contributed by atoms with van der Waals surface area (Å²) < 4.78 is 23.7. The first-order chi connectivity index (χ1) is 15.0. The number of aryl methyl sites for hydroxylation is 1. The van der Waals surface area contributed by atoms with Gasteiger partial charge in [-0.2, -0.15) is 0 Å². The molecule has 2 heterocycles. The van der Waals surface area contributed by atoms with Crippen LogP contribution >= 0.6 is 11.6 Å². The average Bonchev–Trinajstić information content (AvgIpc) is 3.09. The van der Waals surface area contributed by atoms with Gasteiger partial charge in [0, 0.05) is 46.5 Å². The molecule has 2 atom stereocenters. The number of halogens is 1. The maximum atomic E-state index is 6.53. The molecule has 2 aliphatic rings. The van der Waals surface area contributed by atoms with Crippen LogP contribution in [0.5, 0.6) is 17.2 Å². The Labute approximate surface area is 186 Å². The fourth-order valence-corrected chi connectivity index (χ4v) is 4.61. The van der Waals surface area contributed by atoms with Crippen LogP contribution in [0.2, 0.25) is 5.02 Å². The van der Waals surface area contributed by atoms with Crippen LogP contribution < -0.4 is 19.5 Å². The van der Waals surface area contributed by atoms with E-state index in [1.54, 1.807) is 14.2 Å². The molecule has 6 heteroatoms. The zero-order valence-electron chi connectivity index (χ0n) is 17.7. The summed E-state index contributed by atoms with van der Waals surface area (Å²) in [6.45, 7) is 2.53. The predicted octanol–water partition coefficient (Wildman–Crippen LogP) is 5.98. The molecule has 0 amide bonds. The second kappa shape index (κ2) is 7.66. The van der Waals surface area contributed by atoms with Crippen LogP contribution in [0.1, 0.15) is 34.7 Å². The fourth-order valence-electron chi connectivity index (χ4n) is 4.42. The Bertz CT molecular complexity index is 1130. The molecule has 1 N–H and O–H groups in total. The molecule has 2 aliphatic heterocycles. The molecule has 0 bridgehead atoms. The first-order valence-electron chi connectivity index (χ1n) is 10.2. The molecule has 5 nitrogen and oxygen atoms in total. The number of rotatable bonds is 4. The number of benzene rings is 3. The molecule has 0 saturated heterocycles. The Kier molecular flexibility index (Phi) is 4.95. The van der Waals surface area contributed by atoms with E-state index in [9.17, 15) is 0 Å². The van der Waals surface area contributed by atoms with Gasteiger partial charge in [-0.3, -0.25) is 0 Å². The van der Waals surface area contributed by atoms with Crippen LogP contribution in [0.25, 0.3) is 0 Å². The summed E-state index contributed by atoms with van der Waals surface area (Å²) in [5.74, 6) is 1.41. The molecule has 0 radical (unpaired) electrons. The summed E-state index contributed by atoms with van der Waals surface area (Å²) in [5.41, 5.74) is 5.21. The van der Waals surface area contributed by atoms with Crippen molar-refractivity contribution in [1.29, 1.82) is 0 Å².